The molecule has 0 aliphatic carbocycles. The monoisotopic (exact) mass is 450 g/mol. The Balaban J connectivity index is 0. The van der Waals surface area contributed by atoms with Crippen molar-refractivity contribution >= 4 is 12.1 Å². The standard InChI is InChI=1S/C7H2F12O3.C4H8O2/c8-1(4(10,11)6(14,15)16)21-3(20)22-2(9)5(12,13)7(17,18)19;1-3-4(5)6-2/h1-2H;3H2,1-2H3. The highest BCUT2D eigenvalue weighted by Crippen LogP contribution is 2.41. The van der Waals surface area contributed by atoms with E-state index in [0.29, 0.717) is 6.42 Å². The van der Waals surface area contributed by atoms with Crippen LogP contribution in [0.15, 0.2) is 0 Å². The maximum Gasteiger partial charge on any atom is 0.513 e. The van der Waals surface area contributed by atoms with Crippen molar-refractivity contribution in [3.05, 3.63) is 0 Å². The van der Waals surface area contributed by atoms with Crippen LogP contribution in [-0.2, 0) is 19.0 Å². The van der Waals surface area contributed by atoms with Gasteiger partial charge in [-0.05, 0) is 0 Å². The number of ether oxygens (including phenoxy) is 3. The number of alkyl halides is 12. The van der Waals surface area contributed by atoms with Gasteiger partial charge in [-0.1, -0.05) is 6.92 Å². The molecule has 168 valence electrons. The van der Waals surface area contributed by atoms with Crippen LogP contribution >= 0.6 is 0 Å². The number of hydrogen-bond donors (Lipinski definition) is 0. The Morgan fingerprint density at radius 1 is 0.750 bits per heavy atom. The van der Waals surface area contributed by atoms with E-state index in [1.165, 1.54) is 7.11 Å². The molecule has 0 N–H and O–H groups in total. The summed E-state index contributed by atoms with van der Waals surface area (Å²) in [5.74, 6) is -12.8. The molecule has 2 atom stereocenters. The average Bonchev–Trinajstić information content (AvgIpc) is 2.51. The zero-order chi connectivity index (χ0) is 23.1. The molecule has 0 fully saturated rings. The molecule has 0 saturated carbocycles. The first kappa shape index (κ1) is 28.1. The maximum absolute atomic E-state index is 12.4. The molecule has 0 saturated heterocycles. The molecule has 0 aromatic heterocycles. The van der Waals surface area contributed by atoms with Crippen LogP contribution in [0.3, 0.4) is 0 Å². The number of carbonyl (C=O) groups is 2. The minimum atomic E-state index is -6.60. The highest BCUT2D eigenvalue weighted by molar-refractivity contribution is 5.68. The number of carbonyl (C=O) groups excluding carboxylic acids is 2. The van der Waals surface area contributed by atoms with E-state index in [-0.39, 0.29) is 5.97 Å². The first-order chi connectivity index (χ1) is 12.3. The van der Waals surface area contributed by atoms with Crippen LogP contribution in [0, 0.1) is 0 Å². The molecule has 0 bridgehead atoms. The van der Waals surface area contributed by atoms with E-state index < -0.39 is 43.1 Å². The van der Waals surface area contributed by atoms with E-state index in [1.54, 1.807) is 6.92 Å². The summed E-state index contributed by atoms with van der Waals surface area (Å²) >= 11 is 0. The number of rotatable bonds is 5. The van der Waals surface area contributed by atoms with Gasteiger partial charge >= 0.3 is 49.0 Å². The number of hydrogen-bond acceptors (Lipinski definition) is 5. The zero-order valence-corrected chi connectivity index (χ0v) is 13.4. The quantitative estimate of drug-likeness (QED) is 0.449. The van der Waals surface area contributed by atoms with Gasteiger partial charge < -0.3 is 14.2 Å². The van der Waals surface area contributed by atoms with Gasteiger partial charge in [0.25, 0.3) is 0 Å². The van der Waals surface area contributed by atoms with Gasteiger partial charge in [-0.2, -0.15) is 52.7 Å². The summed E-state index contributed by atoms with van der Waals surface area (Å²) in [6.45, 7) is 1.76. The summed E-state index contributed by atoms with van der Waals surface area (Å²) in [6, 6.07) is 0. The summed E-state index contributed by atoms with van der Waals surface area (Å²) < 4.78 is 152. The molecular formula is C11H10F12O5. The van der Waals surface area contributed by atoms with E-state index in [4.69, 9.17) is 0 Å². The lowest BCUT2D eigenvalue weighted by Gasteiger charge is -2.24. The van der Waals surface area contributed by atoms with Crippen molar-refractivity contribution < 1.29 is 76.5 Å². The van der Waals surface area contributed by atoms with Crippen LogP contribution in [0.25, 0.3) is 0 Å². The van der Waals surface area contributed by atoms with Crippen molar-refractivity contribution in [1.82, 2.24) is 0 Å². The minimum Gasteiger partial charge on any atom is -0.469 e. The normalized spacial score (nSPS) is 14.9. The van der Waals surface area contributed by atoms with Crippen LogP contribution in [0.2, 0.25) is 0 Å². The van der Waals surface area contributed by atoms with Crippen molar-refractivity contribution in [3.63, 3.8) is 0 Å². The summed E-state index contributed by atoms with van der Waals surface area (Å²) in [5.41, 5.74) is 0. The Labute approximate surface area is 147 Å². The van der Waals surface area contributed by atoms with Gasteiger partial charge in [-0.3, -0.25) is 4.79 Å². The molecule has 0 amide bonds. The first-order valence-electron chi connectivity index (χ1n) is 6.36. The van der Waals surface area contributed by atoms with Crippen molar-refractivity contribution in [2.45, 2.75) is 50.3 Å². The predicted molar refractivity (Wildman–Crippen MR) is 61.7 cm³/mol. The molecule has 5 nitrogen and oxygen atoms in total. The Hall–Kier alpha value is -2.10. The highest BCUT2D eigenvalue weighted by atomic mass is 19.4. The third kappa shape index (κ3) is 7.87. The van der Waals surface area contributed by atoms with Crippen molar-refractivity contribution in [2.24, 2.45) is 0 Å². The van der Waals surface area contributed by atoms with Gasteiger partial charge in [-0.15, -0.1) is 0 Å². The number of esters is 1. The second-order valence-electron chi connectivity index (χ2n) is 4.29. The summed E-state index contributed by atoms with van der Waals surface area (Å²) in [5, 5.41) is 0. The van der Waals surface area contributed by atoms with Gasteiger partial charge in [0.15, 0.2) is 0 Å². The molecule has 2 unspecified atom stereocenters. The van der Waals surface area contributed by atoms with Crippen LogP contribution in [0.5, 0.6) is 0 Å². The van der Waals surface area contributed by atoms with Gasteiger partial charge in [0.1, 0.15) is 0 Å². The van der Waals surface area contributed by atoms with Crippen LogP contribution in [0.1, 0.15) is 13.3 Å². The largest absolute Gasteiger partial charge is 0.513 e. The average molecular weight is 450 g/mol. The minimum absolute atomic E-state index is 0.157. The summed E-state index contributed by atoms with van der Waals surface area (Å²) in [7, 11) is 1.38. The molecular weight excluding hydrogens is 440 g/mol. The Morgan fingerprint density at radius 2 is 1.04 bits per heavy atom. The van der Waals surface area contributed by atoms with Gasteiger partial charge in [0.05, 0.1) is 7.11 Å². The predicted octanol–water partition coefficient (Wildman–Crippen LogP) is 4.70. The third-order valence-electron chi connectivity index (χ3n) is 2.24. The highest BCUT2D eigenvalue weighted by Gasteiger charge is 2.67. The fraction of sp³-hybridized carbons (Fsp3) is 0.818. The molecule has 0 aromatic carbocycles. The molecule has 0 spiro atoms. The molecule has 0 aromatic rings. The van der Waals surface area contributed by atoms with Crippen molar-refractivity contribution in [2.75, 3.05) is 7.11 Å². The van der Waals surface area contributed by atoms with E-state index in [0.717, 1.165) is 0 Å². The molecule has 0 rings (SSSR count). The van der Waals surface area contributed by atoms with E-state index in [2.05, 4.69) is 14.2 Å². The Morgan fingerprint density at radius 3 is 1.18 bits per heavy atom. The lowest BCUT2D eigenvalue weighted by Crippen LogP contribution is -2.49. The smallest absolute Gasteiger partial charge is 0.469 e. The first-order valence-corrected chi connectivity index (χ1v) is 6.36. The van der Waals surface area contributed by atoms with Gasteiger partial charge in [0.2, 0.25) is 0 Å². The van der Waals surface area contributed by atoms with Gasteiger partial charge in [-0.25, -0.2) is 4.79 Å². The lowest BCUT2D eigenvalue weighted by molar-refractivity contribution is -0.345. The molecule has 17 heteroatoms. The molecule has 0 aliphatic rings. The van der Waals surface area contributed by atoms with Gasteiger partial charge in [0, 0.05) is 6.42 Å². The van der Waals surface area contributed by atoms with Crippen LogP contribution in [-0.4, -0.2) is 56.1 Å². The van der Waals surface area contributed by atoms with Crippen molar-refractivity contribution in [1.29, 1.82) is 0 Å². The van der Waals surface area contributed by atoms with Crippen molar-refractivity contribution in [3.8, 4) is 0 Å². The van der Waals surface area contributed by atoms with Crippen LogP contribution in [0.4, 0.5) is 57.5 Å². The summed E-state index contributed by atoms with van der Waals surface area (Å²) in [4.78, 5) is 20.2. The van der Waals surface area contributed by atoms with E-state index >= 15 is 0 Å². The Bertz CT molecular complexity index is 473. The topological polar surface area (TPSA) is 61.8 Å². The fourth-order valence-corrected chi connectivity index (χ4v) is 0.746. The SMILES string of the molecule is CCC(=O)OC.O=C(OC(F)C(F)(F)C(F)(F)F)OC(F)C(F)(F)C(F)(F)F. The van der Waals surface area contributed by atoms with E-state index in [9.17, 15) is 62.3 Å². The van der Waals surface area contributed by atoms with Crippen LogP contribution < -0.4 is 0 Å². The number of halogens is 12. The zero-order valence-electron chi connectivity index (χ0n) is 13.4. The molecule has 0 radical (unpaired) electrons. The number of methoxy groups -OCH3 is 1. The Kier molecular flexibility index (Phi) is 9.94. The van der Waals surface area contributed by atoms with E-state index in [1.807, 2.05) is 0 Å². The second kappa shape index (κ2) is 9.90. The third-order valence-corrected chi connectivity index (χ3v) is 2.24. The second-order valence-corrected chi connectivity index (χ2v) is 4.29. The molecule has 0 aliphatic heterocycles. The lowest BCUT2D eigenvalue weighted by atomic mass is 10.3. The maximum atomic E-state index is 12.4. The summed E-state index contributed by atoms with van der Waals surface area (Å²) in [6.07, 6.45) is -25.8. The molecule has 28 heavy (non-hydrogen) atoms. The molecule has 0 heterocycles. The fourth-order valence-electron chi connectivity index (χ4n) is 0.746.